The minimum absolute atomic E-state index is 0.0701. The third kappa shape index (κ3) is 3.90. The van der Waals surface area contributed by atoms with Gasteiger partial charge in [0.2, 0.25) is 12.7 Å². The second-order valence-electron chi connectivity index (χ2n) is 5.73. The average Bonchev–Trinajstić information content (AvgIpc) is 3.09. The molecule has 136 valence electrons. The number of rotatable bonds is 5. The van der Waals surface area contributed by atoms with E-state index in [9.17, 15) is 18.4 Å². The van der Waals surface area contributed by atoms with Gasteiger partial charge in [0, 0.05) is 12.1 Å². The summed E-state index contributed by atoms with van der Waals surface area (Å²) in [6.07, 6.45) is 0. The first-order chi connectivity index (χ1) is 12.4. The van der Waals surface area contributed by atoms with Crippen LogP contribution in [0.25, 0.3) is 0 Å². The number of halogens is 2. The Morgan fingerprint density at radius 2 is 1.85 bits per heavy atom. The molecule has 1 atom stereocenters. The Labute approximate surface area is 148 Å². The summed E-state index contributed by atoms with van der Waals surface area (Å²) in [4.78, 5) is 24.1. The Morgan fingerprint density at radius 1 is 1.08 bits per heavy atom. The van der Waals surface area contributed by atoms with Gasteiger partial charge in [-0.3, -0.25) is 9.59 Å². The largest absolute Gasteiger partial charge is 0.454 e. The number of nitrogens with one attached hydrogen (secondary N) is 2. The van der Waals surface area contributed by atoms with Crippen LogP contribution in [0, 0.1) is 11.6 Å². The molecular weight excluding hydrogens is 346 g/mol. The highest BCUT2D eigenvalue weighted by Gasteiger charge is 2.18. The fourth-order valence-corrected chi connectivity index (χ4v) is 2.38. The predicted molar refractivity (Wildman–Crippen MR) is 87.7 cm³/mol. The van der Waals surface area contributed by atoms with Crippen LogP contribution >= 0.6 is 0 Å². The van der Waals surface area contributed by atoms with Crippen LogP contribution in [-0.4, -0.2) is 24.6 Å². The summed E-state index contributed by atoms with van der Waals surface area (Å²) in [5, 5.41) is 5.12. The van der Waals surface area contributed by atoms with Crippen molar-refractivity contribution >= 4 is 11.8 Å². The maximum absolute atomic E-state index is 13.2. The smallest absolute Gasteiger partial charge is 0.252 e. The molecule has 0 spiro atoms. The minimum atomic E-state index is -1.13. The van der Waals surface area contributed by atoms with E-state index in [1.54, 1.807) is 18.2 Å². The summed E-state index contributed by atoms with van der Waals surface area (Å²) in [6, 6.07) is 7.22. The number of amides is 2. The molecule has 0 fully saturated rings. The van der Waals surface area contributed by atoms with Crippen LogP contribution in [0.3, 0.4) is 0 Å². The molecule has 1 aliphatic rings. The summed E-state index contributed by atoms with van der Waals surface area (Å²) in [6.45, 7) is 1.89. The molecule has 6 nitrogen and oxygen atoms in total. The second-order valence-corrected chi connectivity index (χ2v) is 5.73. The molecular formula is C18H16F2N2O4. The van der Waals surface area contributed by atoms with Gasteiger partial charge >= 0.3 is 0 Å². The molecule has 26 heavy (non-hydrogen) atoms. The molecule has 2 aromatic rings. The first-order valence-electron chi connectivity index (χ1n) is 7.86. The monoisotopic (exact) mass is 362 g/mol. The van der Waals surface area contributed by atoms with Gasteiger partial charge in [0.05, 0.1) is 0 Å². The lowest BCUT2D eigenvalue weighted by molar-refractivity contribution is -0.122. The van der Waals surface area contributed by atoms with Gasteiger partial charge < -0.3 is 20.1 Å². The highest BCUT2D eigenvalue weighted by Crippen LogP contribution is 2.32. The van der Waals surface area contributed by atoms with Crippen molar-refractivity contribution < 1.29 is 27.8 Å². The van der Waals surface area contributed by atoms with Gasteiger partial charge in [-0.15, -0.1) is 0 Å². The molecule has 1 heterocycles. The molecule has 0 bridgehead atoms. The molecule has 2 aromatic carbocycles. The van der Waals surface area contributed by atoms with Crippen LogP contribution in [0.4, 0.5) is 8.78 Å². The number of carbonyl (C=O) groups excluding carboxylic acids is 2. The van der Waals surface area contributed by atoms with Crippen LogP contribution in [0.5, 0.6) is 11.5 Å². The summed E-state index contributed by atoms with van der Waals surface area (Å²) in [5.41, 5.74) is 0.737. The normalized spacial score (nSPS) is 13.2. The minimum Gasteiger partial charge on any atom is -0.454 e. The third-order valence-electron chi connectivity index (χ3n) is 3.83. The lowest BCUT2D eigenvalue weighted by Gasteiger charge is -2.14. The Morgan fingerprint density at radius 3 is 2.62 bits per heavy atom. The molecule has 0 radical (unpaired) electrons. The van der Waals surface area contributed by atoms with Gasteiger partial charge in [0.25, 0.3) is 5.91 Å². The Kier molecular flexibility index (Phi) is 5.01. The van der Waals surface area contributed by atoms with E-state index in [2.05, 4.69) is 10.6 Å². The zero-order chi connectivity index (χ0) is 18.7. The van der Waals surface area contributed by atoms with Gasteiger partial charge in [0.15, 0.2) is 23.1 Å². The fourth-order valence-electron chi connectivity index (χ4n) is 2.38. The van der Waals surface area contributed by atoms with Crippen molar-refractivity contribution in [3.8, 4) is 11.5 Å². The van der Waals surface area contributed by atoms with E-state index < -0.39 is 29.5 Å². The van der Waals surface area contributed by atoms with Crippen LogP contribution in [-0.2, 0) is 11.3 Å². The number of ether oxygens (including phenoxy) is 2. The topological polar surface area (TPSA) is 76.7 Å². The number of hydrogen-bond donors (Lipinski definition) is 2. The van der Waals surface area contributed by atoms with Gasteiger partial charge in [-0.1, -0.05) is 6.07 Å². The Hall–Kier alpha value is -3.16. The molecule has 2 amide bonds. The van der Waals surface area contributed by atoms with E-state index >= 15 is 0 Å². The maximum Gasteiger partial charge on any atom is 0.252 e. The fraction of sp³-hybridized carbons (Fsp3) is 0.222. The van der Waals surface area contributed by atoms with E-state index in [1.807, 2.05) is 0 Å². The molecule has 1 aliphatic heterocycles. The molecule has 2 N–H and O–H groups in total. The quantitative estimate of drug-likeness (QED) is 0.854. The molecule has 0 saturated heterocycles. The number of hydrogen-bond acceptors (Lipinski definition) is 4. The Balaban J connectivity index is 1.54. The maximum atomic E-state index is 13.2. The van der Waals surface area contributed by atoms with Crippen LogP contribution in [0.2, 0.25) is 0 Å². The molecule has 0 saturated carbocycles. The highest BCUT2D eigenvalue weighted by atomic mass is 19.2. The first-order valence-corrected chi connectivity index (χ1v) is 7.86. The summed E-state index contributed by atoms with van der Waals surface area (Å²) in [7, 11) is 0. The summed E-state index contributed by atoms with van der Waals surface area (Å²) in [5.74, 6) is -2.01. The van der Waals surface area contributed by atoms with Gasteiger partial charge in [-0.05, 0) is 42.8 Å². The van der Waals surface area contributed by atoms with E-state index in [-0.39, 0.29) is 18.9 Å². The van der Waals surface area contributed by atoms with E-state index in [4.69, 9.17) is 9.47 Å². The van der Waals surface area contributed by atoms with Gasteiger partial charge in [-0.25, -0.2) is 8.78 Å². The third-order valence-corrected chi connectivity index (χ3v) is 3.83. The van der Waals surface area contributed by atoms with E-state index in [0.717, 1.165) is 23.8 Å². The van der Waals surface area contributed by atoms with Gasteiger partial charge in [-0.2, -0.15) is 0 Å². The van der Waals surface area contributed by atoms with E-state index in [0.29, 0.717) is 11.5 Å². The van der Waals surface area contributed by atoms with Crippen molar-refractivity contribution in [2.75, 3.05) is 6.79 Å². The van der Waals surface area contributed by atoms with Crippen molar-refractivity contribution in [1.82, 2.24) is 10.6 Å². The predicted octanol–water partition coefficient (Wildman–Crippen LogP) is 2.13. The lowest BCUT2D eigenvalue weighted by Crippen LogP contribution is -2.44. The molecule has 0 aromatic heterocycles. The van der Waals surface area contributed by atoms with E-state index in [1.165, 1.54) is 6.92 Å². The van der Waals surface area contributed by atoms with Crippen LogP contribution in [0.15, 0.2) is 36.4 Å². The SMILES string of the molecule is C[C@H](NC(=O)c1ccc(F)c(F)c1)C(=O)NCc1ccc2c(c1)OCO2. The molecule has 0 aliphatic carbocycles. The average molecular weight is 362 g/mol. The number of benzene rings is 2. The van der Waals surface area contributed by atoms with Crippen molar-refractivity contribution in [2.24, 2.45) is 0 Å². The first kappa shape index (κ1) is 17.7. The van der Waals surface area contributed by atoms with Gasteiger partial charge in [0.1, 0.15) is 6.04 Å². The zero-order valence-corrected chi connectivity index (χ0v) is 13.8. The number of carbonyl (C=O) groups is 2. The number of fused-ring (bicyclic) bond motifs is 1. The van der Waals surface area contributed by atoms with Crippen molar-refractivity contribution in [3.63, 3.8) is 0 Å². The van der Waals surface area contributed by atoms with Crippen molar-refractivity contribution in [3.05, 3.63) is 59.2 Å². The second kappa shape index (κ2) is 7.38. The van der Waals surface area contributed by atoms with Crippen LogP contribution in [0.1, 0.15) is 22.8 Å². The van der Waals surface area contributed by atoms with Crippen molar-refractivity contribution in [1.29, 1.82) is 0 Å². The highest BCUT2D eigenvalue weighted by molar-refractivity contribution is 5.97. The van der Waals surface area contributed by atoms with Crippen LogP contribution < -0.4 is 20.1 Å². The summed E-state index contributed by atoms with van der Waals surface area (Å²) < 4.78 is 36.6. The molecule has 0 unspecified atom stereocenters. The lowest BCUT2D eigenvalue weighted by atomic mass is 10.1. The zero-order valence-electron chi connectivity index (χ0n) is 13.8. The standard InChI is InChI=1S/C18H16F2N2O4/c1-10(22-18(24)12-3-4-13(19)14(20)7-12)17(23)21-8-11-2-5-15-16(6-11)26-9-25-15/h2-7,10H,8-9H2,1H3,(H,21,23)(H,22,24)/t10-/m0/s1. The van der Waals surface area contributed by atoms with Crippen molar-refractivity contribution in [2.45, 2.75) is 19.5 Å². The molecule has 8 heteroatoms. The molecule has 3 rings (SSSR count). The summed E-state index contributed by atoms with van der Waals surface area (Å²) >= 11 is 0. The Bertz CT molecular complexity index is 857.